The van der Waals surface area contributed by atoms with E-state index in [1.165, 1.54) is 55.4 Å². The minimum absolute atomic E-state index is 0.143. The predicted octanol–water partition coefficient (Wildman–Crippen LogP) is 8.58. The minimum Gasteiger partial charge on any atom is -0.399 e. The molecule has 1 atom stereocenters. The summed E-state index contributed by atoms with van der Waals surface area (Å²) < 4.78 is 2.32. The summed E-state index contributed by atoms with van der Waals surface area (Å²) in [6.45, 7) is 6.09. The Morgan fingerprint density at radius 2 is 1.15 bits per heavy atom. The molecule has 48 heavy (non-hydrogen) atoms. The molecule has 6 aromatic carbocycles. The van der Waals surface area contributed by atoms with Crippen molar-refractivity contribution in [3.8, 4) is 22.4 Å². The Kier molecular flexibility index (Phi) is 8.07. The number of nitrogen functional groups attached to an aromatic ring is 4. The number of hydrogen-bond acceptors (Lipinski definition) is 5. The van der Waals surface area contributed by atoms with Crippen molar-refractivity contribution < 1.29 is 4.57 Å². The van der Waals surface area contributed by atoms with Crippen LogP contribution >= 0.6 is 0 Å². The Bertz CT molecular complexity index is 2260. The molecule has 8 rings (SSSR count). The lowest BCUT2D eigenvalue weighted by Gasteiger charge is -2.40. The lowest BCUT2D eigenvalue weighted by Crippen LogP contribution is -2.36. The van der Waals surface area contributed by atoms with Gasteiger partial charge in [0, 0.05) is 57.6 Å². The van der Waals surface area contributed by atoms with E-state index in [9.17, 15) is 0 Å². The molecule has 0 saturated carbocycles. The maximum absolute atomic E-state index is 6.11. The molecular formula is C42H41N6+. The maximum Gasteiger partial charge on any atom is 0.220 e. The third-order valence-electron chi connectivity index (χ3n) is 9.29. The zero-order valence-electron chi connectivity index (χ0n) is 27.4. The summed E-state index contributed by atoms with van der Waals surface area (Å²) in [7, 11) is 0. The van der Waals surface area contributed by atoms with E-state index in [-0.39, 0.29) is 6.04 Å². The van der Waals surface area contributed by atoms with Gasteiger partial charge in [0.2, 0.25) is 11.2 Å². The molecule has 0 radical (unpaired) electrons. The Labute approximate surface area is 281 Å². The second kappa shape index (κ2) is 12.6. The summed E-state index contributed by atoms with van der Waals surface area (Å²) in [5.41, 5.74) is 37.2. The lowest BCUT2D eigenvalue weighted by atomic mass is 9.84. The molecule has 6 heteroatoms. The third-order valence-corrected chi connectivity index (χ3v) is 9.29. The molecule has 1 aliphatic heterocycles. The van der Waals surface area contributed by atoms with Gasteiger partial charge in [0.15, 0.2) is 0 Å². The van der Waals surface area contributed by atoms with Crippen molar-refractivity contribution in [1.82, 2.24) is 0 Å². The van der Waals surface area contributed by atoms with Crippen LogP contribution in [0.2, 0.25) is 0 Å². The summed E-state index contributed by atoms with van der Waals surface area (Å²) in [5.74, 6) is 0. The van der Waals surface area contributed by atoms with Crippen LogP contribution in [0.25, 0.3) is 44.1 Å². The van der Waals surface area contributed by atoms with E-state index in [0.29, 0.717) is 0 Å². The normalized spacial score (nSPS) is 13.5. The number of nitrogens with zero attached hydrogens (tertiary/aromatic N) is 2. The molecule has 1 aliphatic rings. The van der Waals surface area contributed by atoms with Crippen molar-refractivity contribution in [3.63, 3.8) is 0 Å². The second-order valence-corrected chi connectivity index (χ2v) is 12.3. The van der Waals surface area contributed by atoms with E-state index >= 15 is 0 Å². The number of benzene rings is 6. The SMILES string of the molecule is CCN1c2cc(N)ccc2-c2ccc(N)cc2C1c1ccccc1.CC[n+]1c(-c2ccccc2)c2cc(N)ccc2c2ccc(N)cc21. The fourth-order valence-corrected chi connectivity index (χ4v) is 7.22. The van der Waals surface area contributed by atoms with E-state index in [1.54, 1.807) is 0 Å². The smallest absolute Gasteiger partial charge is 0.220 e. The number of aromatic nitrogens is 1. The summed E-state index contributed by atoms with van der Waals surface area (Å²) in [4.78, 5) is 2.41. The maximum atomic E-state index is 6.11. The third kappa shape index (κ3) is 5.41. The summed E-state index contributed by atoms with van der Waals surface area (Å²) in [5, 5.41) is 3.56. The van der Waals surface area contributed by atoms with Crippen molar-refractivity contribution in [3.05, 3.63) is 145 Å². The minimum atomic E-state index is 0.143. The monoisotopic (exact) mass is 629 g/mol. The van der Waals surface area contributed by atoms with Crippen LogP contribution in [0.15, 0.2) is 133 Å². The molecule has 0 saturated heterocycles. The standard InChI is InChI=1S/C21H21N3.C21H19N3/c2*1-2-24-20-13-16(23)9-11-18(20)17-10-8-15(22)12-19(17)21(24)14-6-4-3-5-7-14/h3-13,21H,2,22-23H2,1H3;3-13,23H,2,22H2,1H3/p+1. The van der Waals surface area contributed by atoms with E-state index in [2.05, 4.69) is 126 Å². The highest BCUT2D eigenvalue weighted by molar-refractivity contribution is 6.10. The number of hydrogen-bond donors (Lipinski definition) is 4. The highest BCUT2D eigenvalue weighted by atomic mass is 15.2. The van der Waals surface area contributed by atoms with Gasteiger partial charge in [0.1, 0.15) is 6.54 Å². The van der Waals surface area contributed by atoms with Gasteiger partial charge in [-0.1, -0.05) is 66.7 Å². The van der Waals surface area contributed by atoms with Gasteiger partial charge >= 0.3 is 0 Å². The first-order valence-electron chi connectivity index (χ1n) is 16.5. The number of nitrogens with two attached hydrogens (primary N) is 4. The second-order valence-electron chi connectivity index (χ2n) is 12.3. The molecule has 0 amide bonds. The van der Waals surface area contributed by atoms with Crippen LogP contribution in [0.1, 0.15) is 31.0 Å². The zero-order chi connectivity index (χ0) is 33.4. The van der Waals surface area contributed by atoms with Gasteiger partial charge in [0.05, 0.1) is 16.8 Å². The predicted molar refractivity (Wildman–Crippen MR) is 204 cm³/mol. The van der Waals surface area contributed by atoms with Crippen molar-refractivity contribution in [2.24, 2.45) is 0 Å². The molecule has 1 aromatic heterocycles. The first kappa shape index (κ1) is 30.6. The fourth-order valence-electron chi connectivity index (χ4n) is 7.22. The highest BCUT2D eigenvalue weighted by Gasteiger charge is 2.31. The molecular weight excluding hydrogens is 589 g/mol. The van der Waals surface area contributed by atoms with Crippen molar-refractivity contribution in [1.29, 1.82) is 0 Å². The molecule has 2 heterocycles. The number of anilines is 5. The van der Waals surface area contributed by atoms with Gasteiger partial charge < -0.3 is 27.8 Å². The van der Waals surface area contributed by atoms with Crippen molar-refractivity contribution in [2.75, 3.05) is 34.4 Å². The van der Waals surface area contributed by atoms with Crippen LogP contribution in [0.3, 0.4) is 0 Å². The Morgan fingerprint density at radius 3 is 1.83 bits per heavy atom. The van der Waals surface area contributed by atoms with Crippen LogP contribution < -0.4 is 32.4 Å². The van der Waals surface area contributed by atoms with Gasteiger partial charge in [-0.05, 0) is 91.2 Å². The summed E-state index contributed by atoms with van der Waals surface area (Å²) in [6, 6.07) is 45.8. The van der Waals surface area contributed by atoms with Crippen molar-refractivity contribution in [2.45, 2.75) is 26.4 Å². The van der Waals surface area contributed by atoms with E-state index < -0.39 is 0 Å². The number of fused-ring (bicyclic) bond motifs is 6. The lowest BCUT2D eigenvalue weighted by molar-refractivity contribution is -0.655. The average molecular weight is 630 g/mol. The summed E-state index contributed by atoms with van der Waals surface area (Å²) >= 11 is 0. The number of pyridine rings is 1. The molecule has 0 fully saturated rings. The Balaban J connectivity index is 0.000000152. The highest BCUT2D eigenvalue weighted by Crippen LogP contribution is 2.48. The molecule has 1 unspecified atom stereocenters. The first-order valence-corrected chi connectivity index (χ1v) is 16.5. The van der Waals surface area contributed by atoms with Crippen LogP contribution in [0.4, 0.5) is 28.4 Å². The van der Waals surface area contributed by atoms with E-state index in [0.717, 1.165) is 41.4 Å². The quantitative estimate of drug-likeness (QED) is 0.0885. The van der Waals surface area contributed by atoms with Gasteiger partial charge in [0.25, 0.3) is 0 Å². The van der Waals surface area contributed by atoms with Crippen molar-refractivity contribution >= 4 is 50.1 Å². The number of aryl methyl sites for hydroxylation is 1. The molecule has 7 aromatic rings. The Hall–Kier alpha value is -6.01. The topological polar surface area (TPSA) is 111 Å². The van der Waals surface area contributed by atoms with Gasteiger partial charge in [-0.2, -0.15) is 4.57 Å². The molecule has 0 aliphatic carbocycles. The first-order chi connectivity index (χ1) is 23.4. The molecule has 0 spiro atoms. The largest absolute Gasteiger partial charge is 0.399 e. The molecule has 0 bridgehead atoms. The molecule has 238 valence electrons. The summed E-state index contributed by atoms with van der Waals surface area (Å²) in [6.07, 6.45) is 0. The fraction of sp³-hybridized carbons (Fsp3) is 0.119. The van der Waals surface area contributed by atoms with Gasteiger partial charge in [-0.3, -0.25) is 0 Å². The molecule has 6 nitrogen and oxygen atoms in total. The molecule has 8 N–H and O–H groups in total. The van der Waals surface area contributed by atoms with E-state index in [1.807, 2.05) is 30.3 Å². The van der Waals surface area contributed by atoms with Crippen LogP contribution in [-0.2, 0) is 6.54 Å². The number of rotatable bonds is 4. The Morgan fingerprint density at radius 1 is 0.562 bits per heavy atom. The average Bonchev–Trinajstić information content (AvgIpc) is 3.11. The van der Waals surface area contributed by atoms with E-state index in [4.69, 9.17) is 22.9 Å². The zero-order valence-corrected chi connectivity index (χ0v) is 27.4. The van der Waals surface area contributed by atoms with Crippen LogP contribution in [-0.4, -0.2) is 6.54 Å². The van der Waals surface area contributed by atoms with Crippen LogP contribution in [0.5, 0.6) is 0 Å². The van der Waals surface area contributed by atoms with Crippen LogP contribution in [0, 0.1) is 0 Å². The van der Waals surface area contributed by atoms with Gasteiger partial charge in [-0.15, -0.1) is 0 Å². The van der Waals surface area contributed by atoms with Gasteiger partial charge in [-0.25, -0.2) is 0 Å².